The Morgan fingerprint density at radius 1 is 1.65 bits per heavy atom. The molecule has 0 fully saturated rings. The Morgan fingerprint density at radius 3 is 2.88 bits per heavy atom. The van der Waals surface area contributed by atoms with Gasteiger partial charge in [0.2, 0.25) is 12.3 Å². The number of hydrogen-bond donors (Lipinski definition) is 2. The molecule has 0 saturated heterocycles. The van der Waals surface area contributed by atoms with Crippen LogP contribution in [0.1, 0.15) is 20.3 Å². The Labute approximate surface area is 99.6 Å². The highest BCUT2D eigenvalue weighted by atomic mass is 16.6. The maximum absolute atomic E-state index is 10.9. The lowest BCUT2D eigenvalue weighted by Gasteiger charge is -2.15. The number of amides is 1. The van der Waals surface area contributed by atoms with Crippen molar-refractivity contribution in [3.63, 3.8) is 0 Å². The molecule has 0 bridgehead atoms. The van der Waals surface area contributed by atoms with E-state index in [9.17, 15) is 9.90 Å². The van der Waals surface area contributed by atoms with E-state index >= 15 is 0 Å². The quantitative estimate of drug-likeness (QED) is 0.749. The summed E-state index contributed by atoms with van der Waals surface area (Å²) in [6.45, 7) is 3.91. The number of carbonyl (C=O) groups is 1. The van der Waals surface area contributed by atoms with Crippen LogP contribution in [0.25, 0.3) is 0 Å². The lowest BCUT2D eigenvalue weighted by atomic mass is 10.4. The van der Waals surface area contributed by atoms with Crippen LogP contribution in [0.5, 0.6) is 0 Å². The molecule has 0 aromatic carbocycles. The predicted molar refractivity (Wildman–Crippen MR) is 63.1 cm³/mol. The molecule has 0 spiro atoms. The number of rotatable bonds is 4. The number of aliphatic hydroxyl groups is 1. The lowest BCUT2D eigenvalue weighted by Crippen LogP contribution is -2.26. The predicted octanol–water partition coefficient (Wildman–Crippen LogP) is 0.462. The average Bonchev–Trinajstić information content (AvgIpc) is 2.29. The molecular formula is C11H17N3O3. The Bertz CT molecular complexity index is 454. The molecule has 6 heteroatoms. The first kappa shape index (κ1) is 13.4. The van der Waals surface area contributed by atoms with Gasteiger partial charge in [-0.15, -0.1) is 0 Å². The van der Waals surface area contributed by atoms with Gasteiger partial charge in [0.1, 0.15) is 5.49 Å². The summed E-state index contributed by atoms with van der Waals surface area (Å²) < 4.78 is 6.27. The molecule has 0 radical (unpaired) electrons. The van der Waals surface area contributed by atoms with Crippen LogP contribution in [0.3, 0.4) is 0 Å². The number of ether oxygens (including phenoxy) is 1. The van der Waals surface area contributed by atoms with E-state index in [1.54, 1.807) is 18.3 Å². The van der Waals surface area contributed by atoms with Crippen molar-refractivity contribution in [2.45, 2.75) is 20.3 Å². The van der Waals surface area contributed by atoms with Gasteiger partial charge in [-0.05, 0) is 19.1 Å². The third-order valence-corrected chi connectivity index (χ3v) is 2.04. The van der Waals surface area contributed by atoms with Gasteiger partial charge < -0.3 is 15.2 Å². The first-order valence-electron chi connectivity index (χ1n) is 5.29. The standard InChI is InChI=1S/C11H17N3O3/c1-4-12-10-6-5-9(13-8(2)15)7-14(10)11(16)17-3/h5-7,11,16H,4H2,1-3H3,(H,13,15). The van der Waals surface area contributed by atoms with Gasteiger partial charge >= 0.3 is 0 Å². The number of aromatic nitrogens is 1. The third kappa shape index (κ3) is 3.69. The molecule has 1 rings (SSSR count). The third-order valence-electron chi connectivity index (χ3n) is 2.04. The van der Waals surface area contributed by atoms with Gasteiger partial charge in [-0.25, -0.2) is 0 Å². The first-order valence-corrected chi connectivity index (χ1v) is 5.29. The molecule has 0 aliphatic rings. The molecule has 17 heavy (non-hydrogen) atoms. The van der Waals surface area contributed by atoms with Crippen molar-refractivity contribution in [1.29, 1.82) is 0 Å². The summed E-state index contributed by atoms with van der Waals surface area (Å²) in [4.78, 5) is 15.1. The van der Waals surface area contributed by atoms with Gasteiger partial charge in [0.15, 0.2) is 0 Å². The molecule has 6 nitrogen and oxygen atoms in total. The molecule has 0 saturated carbocycles. The van der Waals surface area contributed by atoms with Crippen LogP contribution >= 0.6 is 0 Å². The van der Waals surface area contributed by atoms with E-state index in [4.69, 9.17) is 4.74 Å². The molecular weight excluding hydrogens is 222 g/mol. The van der Waals surface area contributed by atoms with E-state index in [0.717, 1.165) is 0 Å². The number of aliphatic hydroxyl groups excluding tert-OH is 1. The number of nitrogens with zero attached hydrogens (tertiary/aromatic N) is 2. The second-order valence-corrected chi connectivity index (χ2v) is 3.40. The summed E-state index contributed by atoms with van der Waals surface area (Å²) in [6, 6.07) is 3.42. The number of pyridine rings is 1. The van der Waals surface area contributed by atoms with E-state index in [0.29, 0.717) is 17.7 Å². The topological polar surface area (TPSA) is 75.9 Å². The molecule has 0 aliphatic heterocycles. The van der Waals surface area contributed by atoms with Crippen molar-refractivity contribution in [3.8, 4) is 0 Å². The van der Waals surface area contributed by atoms with E-state index < -0.39 is 6.41 Å². The van der Waals surface area contributed by atoms with E-state index in [-0.39, 0.29) is 5.91 Å². The second kappa shape index (κ2) is 6.17. The Balaban J connectivity index is 3.19. The summed E-state index contributed by atoms with van der Waals surface area (Å²) in [7, 11) is 1.39. The summed E-state index contributed by atoms with van der Waals surface area (Å²) in [5.41, 5.74) is 1.15. The minimum atomic E-state index is -1.13. The highest BCUT2D eigenvalue weighted by Crippen LogP contribution is 2.07. The van der Waals surface area contributed by atoms with Crippen LogP contribution < -0.4 is 10.8 Å². The highest BCUT2D eigenvalue weighted by Gasteiger charge is 2.06. The Morgan fingerprint density at radius 2 is 2.35 bits per heavy atom. The summed E-state index contributed by atoms with van der Waals surface area (Å²) >= 11 is 0. The zero-order valence-electron chi connectivity index (χ0n) is 10.2. The number of hydrogen-bond acceptors (Lipinski definition) is 4. The summed E-state index contributed by atoms with van der Waals surface area (Å²) in [5, 5.41) is 12.3. The first-order chi connectivity index (χ1) is 8.08. The highest BCUT2D eigenvalue weighted by molar-refractivity contribution is 5.88. The fraction of sp³-hybridized carbons (Fsp3) is 0.455. The summed E-state index contributed by atoms with van der Waals surface area (Å²) in [6.07, 6.45) is 0.443. The fourth-order valence-corrected chi connectivity index (χ4v) is 1.37. The SMILES string of the molecule is CCN=c1ccc(NC(C)=O)cn1C(O)OC. The number of nitrogens with one attached hydrogen (secondary N) is 1. The molecule has 1 amide bonds. The van der Waals surface area contributed by atoms with Gasteiger partial charge in [-0.1, -0.05) is 0 Å². The minimum Gasteiger partial charge on any atom is -0.351 e. The fourth-order valence-electron chi connectivity index (χ4n) is 1.37. The van der Waals surface area contributed by atoms with Crippen LogP contribution in [-0.4, -0.2) is 29.2 Å². The van der Waals surface area contributed by atoms with Crippen LogP contribution in [0, 0.1) is 0 Å². The molecule has 94 valence electrons. The maximum atomic E-state index is 10.9. The summed E-state index contributed by atoms with van der Waals surface area (Å²) in [5.74, 6) is -0.177. The largest absolute Gasteiger partial charge is 0.351 e. The number of carbonyl (C=O) groups excluding carboxylic acids is 1. The van der Waals surface area contributed by atoms with Crippen molar-refractivity contribution in [2.24, 2.45) is 4.99 Å². The Hall–Kier alpha value is -1.66. The average molecular weight is 239 g/mol. The molecule has 1 aromatic rings. The van der Waals surface area contributed by atoms with Gasteiger partial charge in [-0.3, -0.25) is 14.4 Å². The van der Waals surface area contributed by atoms with Crippen molar-refractivity contribution in [1.82, 2.24) is 4.57 Å². The van der Waals surface area contributed by atoms with Crippen molar-refractivity contribution < 1.29 is 14.6 Å². The van der Waals surface area contributed by atoms with Crippen molar-refractivity contribution in [2.75, 3.05) is 19.0 Å². The van der Waals surface area contributed by atoms with Crippen LogP contribution in [0.2, 0.25) is 0 Å². The van der Waals surface area contributed by atoms with Crippen LogP contribution in [0.15, 0.2) is 23.3 Å². The number of anilines is 1. The molecule has 2 N–H and O–H groups in total. The lowest BCUT2D eigenvalue weighted by molar-refractivity contribution is -0.133. The minimum absolute atomic E-state index is 0.177. The van der Waals surface area contributed by atoms with E-state index in [1.807, 2.05) is 6.92 Å². The molecule has 1 atom stereocenters. The van der Waals surface area contributed by atoms with E-state index in [2.05, 4.69) is 10.3 Å². The van der Waals surface area contributed by atoms with Gasteiger partial charge in [0.05, 0.1) is 5.69 Å². The van der Waals surface area contributed by atoms with Crippen LogP contribution in [-0.2, 0) is 9.53 Å². The zero-order valence-corrected chi connectivity index (χ0v) is 10.2. The molecule has 1 unspecified atom stereocenters. The normalized spacial score (nSPS) is 13.5. The Kier molecular flexibility index (Phi) is 4.86. The maximum Gasteiger partial charge on any atom is 0.242 e. The number of methoxy groups -OCH3 is 1. The van der Waals surface area contributed by atoms with Crippen molar-refractivity contribution >= 4 is 11.6 Å². The van der Waals surface area contributed by atoms with Gasteiger partial charge in [0, 0.05) is 26.8 Å². The van der Waals surface area contributed by atoms with Crippen molar-refractivity contribution in [3.05, 3.63) is 23.8 Å². The molecule has 1 heterocycles. The molecule has 0 aliphatic carbocycles. The van der Waals surface area contributed by atoms with Crippen LogP contribution in [0.4, 0.5) is 5.69 Å². The molecule has 1 aromatic heterocycles. The van der Waals surface area contributed by atoms with Gasteiger partial charge in [-0.2, -0.15) is 0 Å². The smallest absolute Gasteiger partial charge is 0.242 e. The van der Waals surface area contributed by atoms with E-state index in [1.165, 1.54) is 18.6 Å². The monoisotopic (exact) mass is 239 g/mol. The van der Waals surface area contributed by atoms with Gasteiger partial charge in [0.25, 0.3) is 0 Å². The zero-order chi connectivity index (χ0) is 12.8. The second-order valence-electron chi connectivity index (χ2n) is 3.40.